The summed E-state index contributed by atoms with van der Waals surface area (Å²) in [5, 5.41) is 4.64. The van der Waals surface area contributed by atoms with Gasteiger partial charge in [-0.25, -0.2) is 10.4 Å². The van der Waals surface area contributed by atoms with Crippen LogP contribution in [0.2, 0.25) is 0 Å². The molecule has 0 fully saturated rings. The van der Waals surface area contributed by atoms with Gasteiger partial charge < -0.3 is 9.47 Å². The molecule has 2 aromatic carbocycles. The van der Waals surface area contributed by atoms with Crippen molar-refractivity contribution in [3.63, 3.8) is 0 Å². The van der Waals surface area contributed by atoms with Crippen LogP contribution in [-0.4, -0.2) is 36.1 Å². The molecule has 0 aliphatic carbocycles. The van der Waals surface area contributed by atoms with Gasteiger partial charge in [-0.2, -0.15) is 13.9 Å². The highest BCUT2D eigenvalue weighted by molar-refractivity contribution is 5.81. The number of ether oxygens (including phenoxy) is 2. The summed E-state index contributed by atoms with van der Waals surface area (Å²) in [5.41, 5.74) is 3.85. The second kappa shape index (κ2) is 9.74. The molecule has 0 unspecified atom stereocenters. The fraction of sp³-hybridized carbons (Fsp3) is 0.250. The Morgan fingerprint density at radius 1 is 1.21 bits per heavy atom. The number of nitrogens with zero attached hydrogens (tertiary/aromatic N) is 3. The highest BCUT2D eigenvalue weighted by Crippen LogP contribution is 2.15. The molecule has 0 saturated heterocycles. The first-order chi connectivity index (χ1) is 14.1. The molecule has 3 aromatic rings. The molecule has 0 bridgehead atoms. The smallest absolute Gasteiger partial charge is 0.387 e. The first kappa shape index (κ1) is 20.4. The predicted octanol–water partition coefficient (Wildman–Crippen LogP) is 3.48. The minimum Gasteiger partial charge on any atom is -0.435 e. The van der Waals surface area contributed by atoms with Gasteiger partial charge >= 0.3 is 6.61 Å². The van der Waals surface area contributed by atoms with E-state index in [0.29, 0.717) is 42.0 Å². The normalized spacial score (nSPS) is 11.4. The van der Waals surface area contributed by atoms with Crippen LogP contribution < -0.4 is 15.7 Å². The van der Waals surface area contributed by atoms with Gasteiger partial charge in [0.1, 0.15) is 5.75 Å². The molecule has 0 atom stereocenters. The van der Waals surface area contributed by atoms with Crippen molar-refractivity contribution in [2.24, 2.45) is 5.10 Å². The van der Waals surface area contributed by atoms with Crippen molar-refractivity contribution >= 4 is 23.1 Å². The maximum Gasteiger partial charge on any atom is 0.387 e. The Bertz CT molecular complexity index is 1040. The molecular weight excluding hydrogens is 382 g/mol. The second-order valence-corrected chi connectivity index (χ2v) is 6.07. The zero-order chi connectivity index (χ0) is 20.6. The van der Waals surface area contributed by atoms with E-state index in [1.54, 1.807) is 43.5 Å². The maximum atomic E-state index is 12.8. The number of halogens is 2. The van der Waals surface area contributed by atoms with Crippen LogP contribution in [0, 0.1) is 0 Å². The average molecular weight is 402 g/mol. The molecule has 1 aromatic heterocycles. The van der Waals surface area contributed by atoms with Crippen molar-refractivity contribution in [3.05, 3.63) is 64.4 Å². The van der Waals surface area contributed by atoms with Crippen molar-refractivity contribution in [2.75, 3.05) is 19.1 Å². The lowest BCUT2D eigenvalue weighted by Crippen LogP contribution is -2.24. The van der Waals surface area contributed by atoms with Gasteiger partial charge in [0.05, 0.1) is 17.1 Å². The molecule has 0 saturated carbocycles. The predicted molar refractivity (Wildman–Crippen MR) is 107 cm³/mol. The van der Waals surface area contributed by atoms with E-state index in [1.807, 2.05) is 0 Å². The van der Waals surface area contributed by atoms with E-state index < -0.39 is 6.61 Å². The Morgan fingerprint density at radius 3 is 2.69 bits per heavy atom. The Balaban J connectivity index is 1.81. The number of nitrogens with one attached hydrogen (secondary N) is 1. The number of fused-ring (bicyclic) bond motifs is 1. The number of para-hydroxylation sites is 1. The van der Waals surface area contributed by atoms with Crippen LogP contribution in [0.4, 0.5) is 14.7 Å². The summed E-state index contributed by atoms with van der Waals surface area (Å²) in [6.45, 7) is -1.94. The molecule has 29 heavy (non-hydrogen) atoms. The molecule has 9 heteroatoms. The lowest BCUT2D eigenvalue weighted by molar-refractivity contribution is -0.0498. The Kier molecular flexibility index (Phi) is 6.85. The highest BCUT2D eigenvalue weighted by atomic mass is 19.3. The third kappa shape index (κ3) is 5.35. The fourth-order valence-electron chi connectivity index (χ4n) is 2.73. The summed E-state index contributed by atoms with van der Waals surface area (Å²) in [6, 6.07) is 13.1. The molecule has 0 aliphatic rings. The topological polar surface area (TPSA) is 77.7 Å². The number of hydrazone groups is 1. The summed E-state index contributed by atoms with van der Waals surface area (Å²) in [5.74, 6) is 0.368. The molecule has 0 amide bonds. The van der Waals surface area contributed by atoms with Gasteiger partial charge in [0.25, 0.3) is 5.56 Å². The molecule has 0 spiro atoms. The number of aromatic nitrogens is 2. The Labute approximate surface area is 165 Å². The zero-order valence-corrected chi connectivity index (χ0v) is 15.7. The monoisotopic (exact) mass is 402 g/mol. The lowest BCUT2D eigenvalue weighted by atomic mass is 10.2. The number of hydrogen-bond acceptors (Lipinski definition) is 6. The van der Waals surface area contributed by atoms with Crippen molar-refractivity contribution < 1.29 is 18.3 Å². The largest absolute Gasteiger partial charge is 0.435 e. The molecular formula is C20H20F2N4O3. The number of benzene rings is 2. The standard InChI is InChI=1S/C20H20F2N4O3/c1-28-12-4-11-26-18(27)16-5-2-3-6-17(16)24-20(26)25-23-13-14-7-9-15(10-8-14)29-19(21)22/h2-3,5-10,13,19H,4,11-12H2,1H3,(H,24,25)/b23-13-. The first-order valence-corrected chi connectivity index (χ1v) is 8.91. The van der Waals surface area contributed by atoms with E-state index in [0.717, 1.165) is 0 Å². The van der Waals surface area contributed by atoms with Crippen molar-refractivity contribution in [1.29, 1.82) is 0 Å². The Hall–Kier alpha value is -3.33. The van der Waals surface area contributed by atoms with Crippen molar-refractivity contribution in [3.8, 4) is 5.75 Å². The van der Waals surface area contributed by atoms with Gasteiger partial charge in [-0.15, -0.1) is 0 Å². The molecule has 3 rings (SSSR count). The van der Waals surface area contributed by atoms with Crippen LogP contribution in [-0.2, 0) is 11.3 Å². The van der Waals surface area contributed by atoms with Gasteiger partial charge in [-0.3, -0.25) is 9.36 Å². The summed E-state index contributed by atoms with van der Waals surface area (Å²) < 4.78 is 35.3. The second-order valence-electron chi connectivity index (χ2n) is 6.07. The van der Waals surface area contributed by atoms with E-state index in [4.69, 9.17) is 4.74 Å². The average Bonchev–Trinajstić information content (AvgIpc) is 2.71. The molecule has 0 aliphatic heterocycles. The van der Waals surface area contributed by atoms with Gasteiger partial charge in [-0.05, 0) is 48.4 Å². The number of methoxy groups -OCH3 is 1. The summed E-state index contributed by atoms with van der Waals surface area (Å²) in [7, 11) is 1.60. The summed E-state index contributed by atoms with van der Waals surface area (Å²) in [4.78, 5) is 17.3. The minimum absolute atomic E-state index is 0.0632. The van der Waals surface area contributed by atoms with E-state index in [9.17, 15) is 13.6 Å². The van der Waals surface area contributed by atoms with E-state index in [2.05, 4.69) is 20.2 Å². The van der Waals surface area contributed by atoms with Gasteiger partial charge in [0.15, 0.2) is 0 Å². The van der Waals surface area contributed by atoms with E-state index >= 15 is 0 Å². The van der Waals surface area contributed by atoms with Crippen molar-refractivity contribution in [1.82, 2.24) is 9.55 Å². The molecule has 0 radical (unpaired) electrons. The van der Waals surface area contributed by atoms with Gasteiger partial charge in [0.2, 0.25) is 5.95 Å². The first-order valence-electron chi connectivity index (χ1n) is 8.91. The quantitative estimate of drug-likeness (QED) is 0.337. The molecule has 1 heterocycles. The minimum atomic E-state index is -2.87. The summed E-state index contributed by atoms with van der Waals surface area (Å²) in [6.07, 6.45) is 2.13. The van der Waals surface area contributed by atoms with E-state index in [1.165, 1.54) is 22.9 Å². The SMILES string of the molecule is COCCCn1c(N/N=C\c2ccc(OC(F)F)cc2)nc2ccccc2c1=O. The van der Waals surface area contributed by atoms with Crippen molar-refractivity contribution in [2.45, 2.75) is 19.6 Å². The maximum absolute atomic E-state index is 12.8. The lowest BCUT2D eigenvalue weighted by Gasteiger charge is -2.12. The Morgan fingerprint density at radius 2 is 1.97 bits per heavy atom. The van der Waals surface area contributed by atoms with Crippen LogP contribution in [0.25, 0.3) is 10.9 Å². The third-order valence-corrected chi connectivity index (χ3v) is 4.08. The van der Waals surface area contributed by atoms with Gasteiger partial charge in [0, 0.05) is 20.3 Å². The van der Waals surface area contributed by atoms with Gasteiger partial charge in [-0.1, -0.05) is 12.1 Å². The highest BCUT2D eigenvalue weighted by Gasteiger charge is 2.10. The fourth-order valence-corrected chi connectivity index (χ4v) is 2.73. The molecule has 152 valence electrons. The number of alkyl halides is 2. The van der Waals surface area contributed by atoms with E-state index in [-0.39, 0.29) is 11.3 Å². The molecule has 1 N–H and O–H groups in total. The molecule has 7 nitrogen and oxygen atoms in total. The third-order valence-electron chi connectivity index (χ3n) is 4.08. The van der Waals surface area contributed by atoms with Crippen LogP contribution in [0.1, 0.15) is 12.0 Å². The van der Waals surface area contributed by atoms with Crippen LogP contribution in [0.5, 0.6) is 5.75 Å². The number of hydrogen-bond donors (Lipinski definition) is 1. The zero-order valence-electron chi connectivity index (χ0n) is 15.7. The van der Waals surface area contributed by atoms with Crippen LogP contribution >= 0.6 is 0 Å². The van der Waals surface area contributed by atoms with Crippen LogP contribution in [0.15, 0.2) is 58.4 Å². The summed E-state index contributed by atoms with van der Waals surface area (Å²) >= 11 is 0. The number of rotatable bonds is 9. The number of anilines is 1. The van der Waals surface area contributed by atoms with Crippen LogP contribution in [0.3, 0.4) is 0 Å².